The zero-order valence-electron chi connectivity index (χ0n) is 12.9. The molecule has 22 heavy (non-hydrogen) atoms. The maximum atomic E-state index is 12.4. The summed E-state index contributed by atoms with van der Waals surface area (Å²) in [5.74, 6) is 0.0410. The Bertz CT molecular complexity index is 502. The Morgan fingerprint density at radius 3 is 2.59 bits per heavy atom. The lowest BCUT2D eigenvalue weighted by Gasteiger charge is -2.25. The average molecular weight is 304 g/mol. The van der Waals surface area contributed by atoms with E-state index >= 15 is 0 Å². The van der Waals surface area contributed by atoms with Crippen molar-refractivity contribution in [3.05, 3.63) is 24.2 Å². The Kier molecular flexibility index (Phi) is 4.80. The minimum Gasteiger partial charge on any atom is -0.472 e. The van der Waals surface area contributed by atoms with Gasteiger partial charge in [-0.1, -0.05) is 19.3 Å². The first-order chi connectivity index (χ1) is 10.7. The molecule has 0 radical (unpaired) electrons. The molecule has 0 aromatic carbocycles. The first-order valence-electron chi connectivity index (χ1n) is 8.36. The van der Waals surface area contributed by atoms with Crippen LogP contribution in [0.1, 0.15) is 61.7 Å². The molecule has 0 unspecified atom stereocenters. The highest BCUT2D eigenvalue weighted by atomic mass is 16.3. The fraction of sp³-hybridized carbons (Fsp3) is 0.647. The molecule has 5 heteroatoms. The molecular weight excluding hydrogens is 280 g/mol. The Morgan fingerprint density at radius 1 is 1.18 bits per heavy atom. The number of nitrogens with zero attached hydrogens (tertiary/aromatic N) is 1. The fourth-order valence-corrected chi connectivity index (χ4v) is 3.16. The number of hydrogen-bond acceptors (Lipinski definition) is 3. The first-order valence-corrected chi connectivity index (χ1v) is 8.36. The Hall–Kier alpha value is -1.78. The van der Waals surface area contributed by atoms with Crippen LogP contribution in [0.3, 0.4) is 0 Å². The Morgan fingerprint density at radius 2 is 1.95 bits per heavy atom. The molecular formula is C17H24N2O3. The summed E-state index contributed by atoms with van der Waals surface area (Å²) in [6.07, 6.45) is 11.3. The van der Waals surface area contributed by atoms with Crippen LogP contribution in [0.4, 0.5) is 0 Å². The predicted molar refractivity (Wildman–Crippen MR) is 82.4 cm³/mol. The van der Waals surface area contributed by atoms with Crippen LogP contribution in [0, 0.1) is 0 Å². The van der Waals surface area contributed by atoms with E-state index in [2.05, 4.69) is 5.32 Å². The topological polar surface area (TPSA) is 62.6 Å². The van der Waals surface area contributed by atoms with Gasteiger partial charge in [-0.25, -0.2) is 0 Å². The summed E-state index contributed by atoms with van der Waals surface area (Å²) in [5, 5.41) is 3.11. The van der Waals surface area contributed by atoms with Crippen molar-refractivity contribution >= 4 is 11.8 Å². The molecule has 0 spiro atoms. The molecule has 0 saturated heterocycles. The van der Waals surface area contributed by atoms with E-state index in [1.807, 2.05) is 4.90 Å². The van der Waals surface area contributed by atoms with Crippen molar-refractivity contribution in [2.75, 3.05) is 6.54 Å². The van der Waals surface area contributed by atoms with Crippen molar-refractivity contribution in [3.8, 4) is 0 Å². The van der Waals surface area contributed by atoms with E-state index in [1.54, 1.807) is 6.07 Å². The molecule has 0 bridgehead atoms. The van der Waals surface area contributed by atoms with Crippen LogP contribution >= 0.6 is 0 Å². The molecule has 2 amide bonds. The van der Waals surface area contributed by atoms with Gasteiger partial charge in [0, 0.05) is 25.0 Å². The van der Waals surface area contributed by atoms with Crippen LogP contribution in [-0.4, -0.2) is 35.3 Å². The summed E-state index contributed by atoms with van der Waals surface area (Å²) < 4.78 is 4.99. The van der Waals surface area contributed by atoms with Crippen molar-refractivity contribution in [2.45, 2.75) is 63.5 Å². The van der Waals surface area contributed by atoms with Gasteiger partial charge in [0.2, 0.25) is 5.91 Å². The summed E-state index contributed by atoms with van der Waals surface area (Å²) in [4.78, 5) is 26.3. The molecule has 1 aromatic rings. The number of nitrogens with one attached hydrogen (secondary N) is 1. The van der Waals surface area contributed by atoms with E-state index in [9.17, 15) is 9.59 Å². The van der Waals surface area contributed by atoms with Gasteiger partial charge in [-0.3, -0.25) is 9.59 Å². The minimum absolute atomic E-state index is 0.0262. The standard InChI is InChI=1S/C17H24N2O3/c20-16(18-14-4-2-1-3-5-14)8-10-19(15-6-7-15)17(21)13-9-11-22-12-13/h9,11-12,14-15H,1-8,10H2,(H,18,20). The van der Waals surface area contributed by atoms with Crippen molar-refractivity contribution in [1.29, 1.82) is 0 Å². The van der Waals surface area contributed by atoms with Crippen molar-refractivity contribution in [2.24, 2.45) is 0 Å². The third kappa shape index (κ3) is 3.90. The molecule has 5 nitrogen and oxygen atoms in total. The molecule has 1 N–H and O–H groups in total. The first kappa shape index (κ1) is 15.1. The Labute approximate surface area is 131 Å². The van der Waals surface area contributed by atoms with E-state index in [1.165, 1.54) is 31.8 Å². The smallest absolute Gasteiger partial charge is 0.257 e. The Balaban J connectivity index is 1.49. The zero-order chi connectivity index (χ0) is 15.4. The molecule has 3 rings (SSSR count). The highest BCUT2D eigenvalue weighted by Crippen LogP contribution is 2.28. The second-order valence-electron chi connectivity index (χ2n) is 6.39. The van der Waals surface area contributed by atoms with Crippen molar-refractivity contribution in [3.63, 3.8) is 0 Å². The van der Waals surface area contributed by atoms with E-state index in [0.717, 1.165) is 25.7 Å². The molecule has 0 atom stereocenters. The molecule has 2 aliphatic rings. The summed E-state index contributed by atoms with van der Waals surface area (Å²) in [7, 11) is 0. The van der Waals surface area contributed by atoms with Crippen molar-refractivity contribution < 1.29 is 14.0 Å². The molecule has 1 aromatic heterocycles. The fourth-order valence-electron chi connectivity index (χ4n) is 3.16. The molecule has 2 saturated carbocycles. The summed E-state index contributed by atoms with van der Waals surface area (Å²) >= 11 is 0. The van der Waals surface area contributed by atoms with Gasteiger partial charge < -0.3 is 14.6 Å². The third-order valence-electron chi connectivity index (χ3n) is 4.57. The monoisotopic (exact) mass is 304 g/mol. The second kappa shape index (κ2) is 6.99. The maximum Gasteiger partial charge on any atom is 0.257 e. The van der Waals surface area contributed by atoms with E-state index < -0.39 is 0 Å². The normalized spacial score (nSPS) is 18.9. The highest BCUT2D eigenvalue weighted by molar-refractivity contribution is 5.94. The predicted octanol–water partition coefficient (Wildman–Crippen LogP) is 2.72. The molecule has 2 aliphatic carbocycles. The number of carbonyl (C=O) groups excluding carboxylic acids is 2. The molecule has 120 valence electrons. The highest BCUT2D eigenvalue weighted by Gasteiger charge is 2.33. The van der Waals surface area contributed by atoms with Gasteiger partial charge in [0.25, 0.3) is 5.91 Å². The van der Waals surface area contributed by atoms with Gasteiger partial charge in [0.1, 0.15) is 6.26 Å². The van der Waals surface area contributed by atoms with E-state index in [4.69, 9.17) is 4.42 Å². The second-order valence-corrected chi connectivity index (χ2v) is 6.39. The lowest BCUT2D eigenvalue weighted by atomic mass is 9.95. The minimum atomic E-state index is -0.0262. The van der Waals surface area contributed by atoms with E-state index in [0.29, 0.717) is 30.6 Å². The van der Waals surface area contributed by atoms with Gasteiger partial charge in [-0.2, -0.15) is 0 Å². The SMILES string of the molecule is O=C(CCN(C(=O)c1ccoc1)C1CC1)NC1CCCCC1. The molecule has 1 heterocycles. The lowest BCUT2D eigenvalue weighted by molar-refractivity contribution is -0.122. The third-order valence-corrected chi connectivity index (χ3v) is 4.57. The quantitative estimate of drug-likeness (QED) is 0.879. The van der Waals surface area contributed by atoms with Crippen LogP contribution in [-0.2, 0) is 4.79 Å². The maximum absolute atomic E-state index is 12.4. The van der Waals surface area contributed by atoms with Gasteiger partial charge in [-0.15, -0.1) is 0 Å². The van der Waals surface area contributed by atoms with Crippen LogP contribution in [0.15, 0.2) is 23.0 Å². The van der Waals surface area contributed by atoms with Crippen LogP contribution < -0.4 is 5.32 Å². The average Bonchev–Trinajstić information content (AvgIpc) is 3.21. The van der Waals surface area contributed by atoms with Crippen LogP contribution in [0.5, 0.6) is 0 Å². The summed E-state index contributed by atoms with van der Waals surface area (Å²) in [5.41, 5.74) is 0.569. The van der Waals surface area contributed by atoms with Gasteiger partial charge in [0.15, 0.2) is 0 Å². The summed E-state index contributed by atoms with van der Waals surface area (Å²) in [6.45, 7) is 0.493. The number of carbonyl (C=O) groups is 2. The number of furan rings is 1. The lowest BCUT2D eigenvalue weighted by Crippen LogP contribution is -2.40. The van der Waals surface area contributed by atoms with Crippen molar-refractivity contribution in [1.82, 2.24) is 10.2 Å². The summed E-state index contributed by atoms with van der Waals surface area (Å²) in [6, 6.07) is 2.31. The van der Waals surface area contributed by atoms with E-state index in [-0.39, 0.29) is 11.8 Å². The number of amides is 2. The number of hydrogen-bond donors (Lipinski definition) is 1. The van der Waals surface area contributed by atoms with Crippen LogP contribution in [0.2, 0.25) is 0 Å². The van der Waals surface area contributed by atoms with Crippen LogP contribution in [0.25, 0.3) is 0 Å². The number of rotatable bonds is 6. The molecule has 0 aliphatic heterocycles. The van der Waals surface area contributed by atoms with Gasteiger partial charge in [0.05, 0.1) is 11.8 Å². The largest absolute Gasteiger partial charge is 0.472 e. The molecule has 2 fully saturated rings. The van der Waals surface area contributed by atoms with Gasteiger partial charge in [-0.05, 0) is 31.7 Å². The van der Waals surface area contributed by atoms with Gasteiger partial charge >= 0.3 is 0 Å². The zero-order valence-corrected chi connectivity index (χ0v) is 12.9.